The van der Waals surface area contributed by atoms with E-state index in [1.165, 1.54) is 25.7 Å². The summed E-state index contributed by atoms with van der Waals surface area (Å²) in [6.07, 6.45) is 10.5. The first kappa shape index (κ1) is 11.0. The molecule has 1 heteroatoms. The maximum absolute atomic E-state index is 5.97. The van der Waals surface area contributed by atoms with Crippen LogP contribution in [0.4, 0.5) is 0 Å². The van der Waals surface area contributed by atoms with Gasteiger partial charge in [0.05, 0.1) is 5.38 Å². The summed E-state index contributed by atoms with van der Waals surface area (Å²) in [5.74, 6) is 0. The summed E-state index contributed by atoms with van der Waals surface area (Å²) in [5.41, 5.74) is 0. The minimum absolute atomic E-state index is 0.261. The van der Waals surface area contributed by atoms with Crippen LogP contribution in [-0.2, 0) is 0 Å². The second kappa shape index (κ2) is 8.13. The van der Waals surface area contributed by atoms with Crippen molar-refractivity contribution in [2.24, 2.45) is 0 Å². The molecule has 0 saturated carbocycles. The first-order valence-corrected chi connectivity index (χ1v) is 5.01. The normalized spacial score (nSPS) is 14.1. The summed E-state index contributed by atoms with van der Waals surface area (Å²) < 4.78 is 0. The third-order valence-electron chi connectivity index (χ3n) is 1.73. The maximum Gasteiger partial charge on any atom is 0.0515 e. The molecule has 0 spiro atoms. The number of hydrogen-bond acceptors (Lipinski definition) is 0. The molecule has 0 amide bonds. The van der Waals surface area contributed by atoms with Gasteiger partial charge in [-0.3, -0.25) is 0 Å². The van der Waals surface area contributed by atoms with E-state index in [4.69, 9.17) is 11.6 Å². The molecule has 11 heavy (non-hydrogen) atoms. The molecule has 0 N–H and O–H groups in total. The highest BCUT2D eigenvalue weighted by molar-refractivity contribution is 6.21. The molecule has 0 fully saturated rings. The lowest BCUT2D eigenvalue weighted by Gasteiger charge is -2.02. The van der Waals surface area contributed by atoms with Crippen molar-refractivity contribution in [1.29, 1.82) is 0 Å². The van der Waals surface area contributed by atoms with E-state index in [0.717, 1.165) is 6.42 Å². The van der Waals surface area contributed by atoms with Gasteiger partial charge >= 0.3 is 0 Å². The Labute approximate surface area is 75.6 Å². The lowest BCUT2D eigenvalue weighted by Crippen LogP contribution is -1.92. The Kier molecular flexibility index (Phi) is 8.15. The number of allylic oxidation sites excluding steroid dienone is 2. The van der Waals surface area contributed by atoms with Crippen LogP contribution in [0.2, 0.25) is 0 Å². The Morgan fingerprint density at radius 2 is 2.00 bits per heavy atom. The van der Waals surface area contributed by atoms with Crippen molar-refractivity contribution >= 4 is 11.6 Å². The van der Waals surface area contributed by atoms with Gasteiger partial charge < -0.3 is 0 Å². The van der Waals surface area contributed by atoms with E-state index in [2.05, 4.69) is 13.0 Å². The van der Waals surface area contributed by atoms with Crippen molar-refractivity contribution in [1.82, 2.24) is 0 Å². The summed E-state index contributed by atoms with van der Waals surface area (Å²) in [6.45, 7) is 4.24. The van der Waals surface area contributed by atoms with Crippen molar-refractivity contribution in [3.8, 4) is 0 Å². The van der Waals surface area contributed by atoms with E-state index in [-0.39, 0.29) is 5.38 Å². The van der Waals surface area contributed by atoms with E-state index in [1.807, 2.05) is 13.0 Å². The summed E-state index contributed by atoms with van der Waals surface area (Å²) >= 11 is 5.97. The Balaban J connectivity index is 3.10. The first-order chi connectivity index (χ1) is 5.31. The second-order valence-electron chi connectivity index (χ2n) is 2.89. The maximum atomic E-state index is 5.97. The van der Waals surface area contributed by atoms with E-state index in [1.54, 1.807) is 0 Å². The number of halogens is 1. The highest BCUT2D eigenvalue weighted by Gasteiger charge is 1.97. The molecule has 0 aliphatic heterocycles. The van der Waals surface area contributed by atoms with Crippen molar-refractivity contribution in [3.05, 3.63) is 12.2 Å². The molecule has 0 aliphatic carbocycles. The predicted octanol–water partition coefficient (Wildman–Crippen LogP) is 4.14. The van der Waals surface area contributed by atoms with Crippen molar-refractivity contribution < 1.29 is 0 Å². The lowest BCUT2D eigenvalue weighted by molar-refractivity contribution is 0.640. The highest BCUT2D eigenvalue weighted by Crippen LogP contribution is 2.10. The van der Waals surface area contributed by atoms with Gasteiger partial charge in [-0.15, -0.1) is 11.6 Å². The van der Waals surface area contributed by atoms with Crippen LogP contribution in [0.15, 0.2) is 12.2 Å². The molecule has 0 aromatic heterocycles. The van der Waals surface area contributed by atoms with Gasteiger partial charge in [-0.1, -0.05) is 44.8 Å². The quantitative estimate of drug-likeness (QED) is 0.323. The molecular formula is C10H19Cl. The van der Waals surface area contributed by atoms with Gasteiger partial charge in [-0.25, -0.2) is 0 Å². The van der Waals surface area contributed by atoms with E-state index in [9.17, 15) is 0 Å². The Bertz CT molecular complexity index is 97.0. The smallest absolute Gasteiger partial charge is 0.0515 e. The first-order valence-electron chi connectivity index (χ1n) is 4.58. The monoisotopic (exact) mass is 174 g/mol. The topological polar surface area (TPSA) is 0 Å². The molecule has 0 bridgehead atoms. The van der Waals surface area contributed by atoms with E-state index in [0.29, 0.717) is 0 Å². The molecule has 0 rings (SSSR count). The molecule has 66 valence electrons. The highest BCUT2D eigenvalue weighted by atomic mass is 35.5. The number of rotatable bonds is 6. The van der Waals surface area contributed by atoms with Crippen molar-refractivity contribution in [2.45, 2.75) is 51.3 Å². The Morgan fingerprint density at radius 3 is 2.55 bits per heavy atom. The zero-order valence-corrected chi connectivity index (χ0v) is 8.40. The van der Waals surface area contributed by atoms with Crippen LogP contribution < -0.4 is 0 Å². The molecule has 1 atom stereocenters. The lowest BCUT2D eigenvalue weighted by atomic mass is 10.1. The van der Waals surface area contributed by atoms with Gasteiger partial charge in [0.15, 0.2) is 0 Å². The third-order valence-corrected chi connectivity index (χ3v) is 2.10. The van der Waals surface area contributed by atoms with Gasteiger partial charge in [-0.05, 0) is 13.3 Å². The molecule has 0 radical (unpaired) electrons. The molecule has 1 unspecified atom stereocenters. The fourth-order valence-electron chi connectivity index (χ4n) is 1.07. The van der Waals surface area contributed by atoms with Gasteiger partial charge in [-0.2, -0.15) is 0 Å². The van der Waals surface area contributed by atoms with Crippen LogP contribution in [0, 0.1) is 0 Å². The molecule has 0 heterocycles. The molecule has 0 aliphatic rings. The van der Waals surface area contributed by atoms with Crippen LogP contribution in [0.3, 0.4) is 0 Å². The van der Waals surface area contributed by atoms with Crippen LogP contribution in [0.5, 0.6) is 0 Å². The summed E-state index contributed by atoms with van der Waals surface area (Å²) in [5, 5.41) is 0.261. The van der Waals surface area contributed by atoms with Crippen LogP contribution >= 0.6 is 11.6 Å². The fourth-order valence-corrected chi connectivity index (χ4v) is 1.37. The molecule has 0 aromatic rings. The molecule has 0 aromatic carbocycles. The average Bonchev–Trinajstić information content (AvgIpc) is 1.99. The molecule has 0 saturated heterocycles. The standard InChI is InChI=1S/C10H19Cl/c1-3-5-6-7-9-10(11)8-4-2/h4,8,10H,3,5-7,9H2,1-2H3. The predicted molar refractivity (Wildman–Crippen MR) is 53.2 cm³/mol. The largest absolute Gasteiger partial charge is 0.118 e. The zero-order chi connectivity index (χ0) is 8.53. The SMILES string of the molecule is CC=CC(Cl)CCCCCC. The van der Waals surface area contributed by atoms with Gasteiger partial charge in [0.1, 0.15) is 0 Å². The van der Waals surface area contributed by atoms with Crippen LogP contribution in [0.25, 0.3) is 0 Å². The molecular weight excluding hydrogens is 156 g/mol. The van der Waals surface area contributed by atoms with Gasteiger partial charge in [0, 0.05) is 0 Å². The van der Waals surface area contributed by atoms with Gasteiger partial charge in [0.25, 0.3) is 0 Å². The summed E-state index contributed by atoms with van der Waals surface area (Å²) in [4.78, 5) is 0. The Hall–Kier alpha value is 0.0300. The summed E-state index contributed by atoms with van der Waals surface area (Å²) in [7, 11) is 0. The Morgan fingerprint density at radius 1 is 1.27 bits per heavy atom. The van der Waals surface area contributed by atoms with Crippen molar-refractivity contribution in [2.75, 3.05) is 0 Å². The van der Waals surface area contributed by atoms with E-state index < -0.39 is 0 Å². The second-order valence-corrected chi connectivity index (χ2v) is 3.45. The van der Waals surface area contributed by atoms with Crippen molar-refractivity contribution in [3.63, 3.8) is 0 Å². The fraction of sp³-hybridized carbons (Fsp3) is 0.800. The van der Waals surface area contributed by atoms with Crippen LogP contribution in [-0.4, -0.2) is 5.38 Å². The van der Waals surface area contributed by atoms with Gasteiger partial charge in [0.2, 0.25) is 0 Å². The number of hydrogen-bond donors (Lipinski definition) is 0. The minimum Gasteiger partial charge on any atom is -0.118 e. The minimum atomic E-state index is 0.261. The van der Waals surface area contributed by atoms with E-state index >= 15 is 0 Å². The third kappa shape index (κ3) is 7.93. The summed E-state index contributed by atoms with van der Waals surface area (Å²) in [6, 6.07) is 0. The molecule has 0 nitrogen and oxygen atoms in total. The average molecular weight is 175 g/mol. The number of unbranched alkanes of at least 4 members (excludes halogenated alkanes) is 3. The van der Waals surface area contributed by atoms with Crippen LogP contribution in [0.1, 0.15) is 46.0 Å². The zero-order valence-electron chi connectivity index (χ0n) is 7.65. The number of alkyl halides is 1.